The molecule has 1 amide bonds. The summed E-state index contributed by atoms with van der Waals surface area (Å²) >= 11 is 0. The van der Waals surface area contributed by atoms with Crippen LogP contribution >= 0.6 is 0 Å². The fourth-order valence-corrected chi connectivity index (χ4v) is 6.26. The van der Waals surface area contributed by atoms with Crippen LogP contribution in [0.15, 0.2) is 70.4 Å². The number of benzene rings is 3. The first-order valence-electron chi connectivity index (χ1n) is 12.4. The topological polar surface area (TPSA) is 131 Å². The van der Waals surface area contributed by atoms with E-state index < -0.39 is 15.9 Å². The average Bonchev–Trinajstić information content (AvgIpc) is 3.17. The quantitative estimate of drug-likeness (QED) is 0.363. The highest BCUT2D eigenvalue weighted by Gasteiger charge is 2.28. The molecule has 0 bridgehead atoms. The molecule has 10 nitrogen and oxygen atoms in total. The minimum absolute atomic E-state index is 0.0507. The van der Waals surface area contributed by atoms with Crippen LogP contribution in [-0.4, -0.2) is 56.1 Å². The number of sulfonamides is 1. The maximum Gasteiger partial charge on any atom is 0.272 e. The molecule has 0 aliphatic carbocycles. The molecule has 202 valence electrons. The van der Waals surface area contributed by atoms with E-state index >= 15 is 0 Å². The molecule has 2 N–H and O–H groups in total. The number of rotatable bonds is 7. The maximum atomic E-state index is 13.6. The zero-order valence-electron chi connectivity index (χ0n) is 21.6. The Morgan fingerprint density at radius 3 is 2.46 bits per heavy atom. The number of carbonyl (C=O) groups excluding carboxylic acids is 1. The second-order valence-corrected chi connectivity index (χ2v) is 11.1. The molecule has 5 rings (SSSR count). The number of hydrogen-bond acceptors (Lipinski definition) is 7. The Hall–Kier alpha value is -4.22. The number of fused-ring (bicyclic) bond motifs is 2. The van der Waals surface area contributed by atoms with Crippen molar-refractivity contribution in [3.63, 3.8) is 0 Å². The maximum absolute atomic E-state index is 13.6. The van der Waals surface area contributed by atoms with Crippen molar-refractivity contribution in [2.45, 2.75) is 24.2 Å². The predicted molar refractivity (Wildman–Crippen MR) is 147 cm³/mol. The average molecular weight is 549 g/mol. The largest absolute Gasteiger partial charge is 0.497 e. The number of carbonyl (C=O) groups is 1. The molecule has 2 heterocycles. The Bertz CT molecular complexity index is 1720. The van der Waals surface area contributed by atoms with Crippen LogP contribution in [0, 0.1) is 0 Å². The molecule has 4 aromatic rings. The Morgan fingerprint density at radius 2 is 1.72 bits per heavy atom. The molecule has 0 fully saturated rings. The van der Waals surface area contributed by atoms with Crippen molar-refractivity contribution in [2.24, 2.45) is 0 Å². The summed E-state index contributed by atoms with van der Waals surface area (Å²) in [6.07, 6.45) is 1.01. The first-order chi connectivity index (χ1) is 18.8. The van der Waals surface area contributed by atoms with Gasteiger partial charge in [0.25, 0.3) is 5.56 Å². The van der Waals surface area contributed by atoms with Crippen molar-refractivity contribution in [1.29, 1.82) is 0 Å². The monoisotopic (exact) mass is 548 g/mol. The van der Waals surface area contributed by atoms with Crippen molar-refractivity contribution < 1.29 is 22.7 Å². The lowest BCUT2D eigenvalue weighted by molar-refractivity contribution is -0.115. The number of aromatic nitrogens is 2. The molecule has 0 saturated carbocycles. The Morgan fingerprint density at radius 1 is 0.974 bits per heavy atom. The molecule has 0 radical (unpaired) electrons. The van der Waals surface area contributed by atoms with Gasteiger partial charge in [0.1, 0.15) is 11.5 Å². The van der Waals surface area contributed by atoms with Gasteiger partial charge in [-0.3, -0.25) is 9.59 Å². The van der Waals surface area contributed by atoms with Crippen molar-refractivity contribution in [3.8, 4) is 11.5 Å². The number of ether oxygens (including phenoxy) is 2. The molecule has 1 aliphatic heterocycles. The number of amides is 1. The van der Waals surface area contributed by atoms with Gasteiger partial charge in [-0.05, 0) is 60.4 Å². The standard InChI is InChI=1S/C28H28N4O6S/c1-37-20-8-7-18-11-13-32(14-12-19(18)15-20)39(35,36)21-9-10-26(38-2)25(16-21)29-27(33)17-24-22-5-3-4-6-23(22)28(34)31-30-24/h3-10,15-16H,11-14,17H2,1-2H3,(H,29,33)(H,31,34). The van der Waals surface area contributed by atoms with E-state index in [0.29, 0.717) is 48.1 Å². The summed E-state index contributed by atoms with van der Waals surface area (Å²) < 4.78 is 39.4. The third-order valence-corrected chi connectivity index (χ3v) is 8.75. The van der Waals surface area contributed by atoms with E-state index in [1.807, 2.05) is 18.2 Å². The minimum atomic E-state index is -3.85. The molecule has 3 aromatic carbocycles. The van der Waals surface area contributed by atoms with Crippen LogP contribution < -0.4 is 20.3 Å². The lowest BCUT2D eigenvalue weighted by Crippen LogP contribution is -2.33. The lowest BCUT2D eigenvalue weighted by Gasteiger charge is -2.21. The van der Waals surface area contributed by atoms with E-state index in [9.17, 15) is 18.0 Å². The summed E-state index contributed by atoms with van der Waals surface area (Å²) in [6, 6.07) is 17.1. The van der Waals surface area contributed by atoms with Crippen LogP contribution in [0.25, 0.3) is 10.8 Å². The fraction of sp³-hybridized carbons (Fsp3) is 0.250. The van der Waals surface area contributed by atoms with Crippen molar-refractivity contribution >= 4 is 32.4 Å². The van der Waals surface area contributed by atoms with Crippen LogP contribution in [0.2, 0.25) is 0 Å². The molecule has 1 aliphatic rings. The van der Waals surface area contributed by atoms with Crippen LogP contribution in [0.1, 0.15) is 16.8 Å². The van der Waals surface area contributed by atoms with Gasteiger partial charge >= 0.3 is 0 Å². The first-order valence-corrected chi connectivity index (χ1v) is 13.8. The van der Waals surface area contributed by atoms with Crippen LogP contribution in [0.3, 0.4) is 0 Å². The first kappa shape index (κ1) is 26.4. The molecular weight excluding hydrogens is 520 g/mol. The Labute approximate surface area is 225 Å². The summed E-state index contributed by atoms with van der Waals surface area (Å²) in [6.45, 7) is 0.654. The van der Waals surface area contributed by atoms with Gasteiger partial charge in [0.15, 0.2) is 0 Å². The third-order valence-electron chi connectivity index (χ3n) is 6.86. The van der Waals surface area contributed by atoms with Crippen molar-refractivity contribution in [3.05, 3.63) is 87.8 Å². The SMILES string of the molecule is COc1ccc2c(c1)CCN(S(=O)(=O)c1ccc(OC)c(NC(=O)Cc3n[nH]c(=O)c4ccccc34)c1)CC2. The molecule has 0 spiro atoms. The molecule has 11 heteroatoms. The van der Waals surface area contributed by atoms with E-state index in [1.54, 1.807) is 31.4 Å². The summed E-state index contributed by atoms with van der Waals surface area (Å²) in [5.41, 5.74) is 2.44. The van der Waals surface area contributed by atoms with E-state index in [0.717, 1.165) is 16.9 Å². The molecule has 39 heavy (non-hydrogen) atoms. The lowest BCUT2D eigenvalue weighted by atomic mass is 10.0. The van der Waals surface area contributed by atoms with E-state index in [-0.39, 0.29) is 22.6 Å². The van der Waals surface area contributed by atoms with Crippen LogP contribution in [-0.2, 0) is 34.1 Å². The Kier molecular flexibility index (Phi) is 7.36. The number of methoxy groups -OCH3 is 2. The van der Waals surface area contributed by atoms with Crippen LogP contribution in [0.4, 0.5) is 5.69 Å². The number of hydrogen-bond donors (Lipinski definition) is 2. The highest BCUT2D eigenvalue weighted by atomic mass is 32.2. The fourth-order valence-electron chi connectivity index (χ4n) is 4.80. The zero-order chi connectivity index (χ0) is 27.6. The minimum Gasteiger partial charge on any atom is -0.497 e. The summed E-state index contributed by atoms with van der Waals surface area (Å²) in [5.74, 6) is 0.620. The van der Waals surface area contributed by atoms with Gasteiger partial charge in [-0.25, -0.2) is 13.5 Å². The van der Waals surface area contributed by atoms with Gasteiger partial charge in [0, 0.05) is 18.5 Å². The van der Waals surface area contributed by atoms with Gasteiger partial charge in [-0.2, -0.15) is 9.40 Å². The van der Waals surface area contributed by atoms with Gasteiger partial charge in [-0.15, -0.1) is 0 Å². The Balaban J connectivity index is 1.37. The second-order valence-electron chi connectivity index (χ2n) is 9.17. The predicted octanol–water partition coefficient (Wildman–Crippen LogP) is 2.91. The zero-order valence-corrected chi connectivity index (χ0v) is 22.4. The van der Waals surface area contributed by atoms with Gasteiger partial charge in [0.05, 0.1) is 42.3 Å². The van der Waals surface area contributed by atoms with Crippen molar-refractivity contribution in [1.82, 2.24) is 14.5 Å². The molecular formula is C28H28N4O6S. The smallest absolute Gasteiger partial charge is 0.272 e. The van der Waals surface area contributed by atoms with E-state index in [4.69, 9.17) is 9.47 Å². The number of nitrogens with zero attached hydrogens (tertiary/aromatic N) is 2. The normalized spacial score (nSPS) is 13.9. The molecule has 1 aromatic heterocycles. The van der Waals surface area contributed by atoms with E-state index in [1.165, 1.54) is 29.6 Å². The van der Waals surface area contributed by atoms with Gasteiger partial charge in [-0.1, -0.05) is 24.3 Å². The number of H-pyrrole nitrogens is 1. The summed E-state index contributed by atoms with van der Waals surface area (Å²) in [7, 11) is -0.805. The second kappa shape index (κ2) is 10.9. The number of nitrogens with one attached hydrogen (secondary N) is 2. The van der Waals surface area contributed by atoms with Crippen molar-refractivity contribution in [2.75, 3.05) is 32.6 Å². The number of anilines is 1. The third kappa shape index (κ3) is 5.36. The highest BCUT2D eigenvalue weighted by Crippen LogP contribution is 2.31. The molecule has 0 unspecified atom stereocenters. The highest BCUT2D eigenvalue weighted by molar-refractivity contribution is 7.89. The van der Waals surface area contributed by atoms with Crippen LogP contribution in [0.5, 0.6) is 11.5 Å². The van der Waals surface area contributed by atoms with E-state index in [2.05, 4.69) is 15.5 Å². The van der Waals surface area contributed by atoms with Gasteiger partial charge < -0.3 is 14.8 Å². The molecule has 0 saturated heterocycles. The number of aromatic amines is 1. The molecule has 0 atom stereocenters. The van der Waals surface area contributed by atoms with Gasteiger partial charge in [0.2, 0.25) is 15.9 Å². The summed E-state index contributed by atoms with van der Waals surface area (Å²) in [4.78, 5) is 25.1. The summed E-state index contributed by atoms with van der Waals surface area (Å²) in [5, 5.41) is 10.2.